The van der Waals surface area contributed by atoms with Gasteiger partial charge in [-0.05, 0) is 29.8 Å². The Morgan fingerprint density at radius 2 is 1.55 bits per heavy atom. The molecule has 6 nitrogen and oxygen atoms in total. The molecule has 9 heteroatoms. The number of carbonyl (C=O) groups excluding carboxylic acids is 3. The van der Waals surface area contributed by atoms with E-state index in [1.54, 1.807) is 0 Å². The van der Waals surface area contributed by atoms with Crippen LogP contribution in [0.4, 0.5) is 18.9 Å². The number of halogens is 3. The van der Waals surface area contributed by atoms with E-state index in [0.717, 1.165) is 29.8 Å². The quantitative estimate of drug-likeness (QED) is 0.658. The van der Waals surface area contributed by atoms with Crippen LogP contribution in [0, 0.1) is 0 Å². The van der Waals surface area contributed by atoms with Gasteiger partial charge in [-0.25, -0.2) is 0 Å². The average Bonchev–Trinajstić information content (AvgIpc) is 2.67. The molecule has 0 atom stereocenters. The van der Waals surface area contributed by atoms with Crippen LogP contribution < -0.4 is 10.6 Å². The van der Waals surface area contributed by atoms with Crippen molar-refractivity contribution in [1.82, 2.24) is 5.32 Å². The summed E-state index contributed by atoms with van der Waals surface area (Å²) < 4.78 is 42.2. The largest absolute Gasteiger partial charge is 0.456 e. The fourth-order valence-corrected chi connectivity index (χ4v) is 2.31. The van der Waals surface area contributed by atoms with Crippen LogP contribution in [0.2, 0.25) is 0 Å². The Hall–Kier alpha value is -3.36. The molecule has 0 fully saturated rings. The van der Waals surface area contributed by atoms with Crippen LogP contribution in [-0.4, -0.2) is 30.9 Å². The van der Waals surface area contributed by atoms with Crippen LogP contribution in [0.1, 0.15) is 17.5 Å². The average molecular weight is 408 g/mol. The summed E-state index contributed by atoms with van der Waals surface area (Å²) in [5.41, 5.74) is 0.149. The standard InChI is InChI=1S/C20H19F3N2O4/c21-20(22,23)15-6-8-16(9-7-15)25-18(27)13-29-19(28)10-11-24-17(26)12-14-4-2-1-3-5-14/h1-9H,10-13H2,(H,24,26)(H,25,27). The highest BCUT2D eigenvalue weighted by Crippen LogP contribution is 2.29. The third-order valence-electron chi connectivity index (χ3n) is 3.72. The van der Waals surface area contributed by atoms with Gasteiger partial charge >= 0.3 is 12.1 Å². The van der Waals surface area contributed by atoms with E-state index in [0.29, 0.717) is 0 Å². The minimum atomic E-state index is -4.46. The van der Waals surface area contributed by atoms with Crippen molar-refractivity contribution in [2.75, 3.05) is 18.5 Å². The van der Waals surface area contributed by atoms with Crippen molar-refractivity contribution in [3.05, 3.63) is 65.7 Å². The Morgan fingerprint density at radius 1 is 0.897 bits per heavy atom. The second-order valence-electron chi connectivity index (χ2n) is 6.05. The van der Waals surface area contributed by atoms with Crippen molar-refractivity contribution < 1.29 is 32.3 Å². The van der Waals surface area contributed by atoms with Crippen molar-refractivity contribution >= 4 is 23.5 Å². The number of anilines is 1. The maximum Gasteiger partial charge on any atom is 0.416 e. The number of alkyl halides is 3. The second-order valence-corrected chi connectivity index (χ2v) is 6.05. The van der Waals surface area contributed by atoms with E-state index in [4.69, 9.17) is 4.74 Å². The van der Waals surface area contributed by atoms with Crippen LogP contribution in [0.5, 0.6) is 0 Å². The van der Waals surface area contributed by atoms with Gasteiger partial charge in [0.25, 0.3) is 5.91 Å². The normalized spacial score (nSPS) is 10.9. The van der Waals surface area contributed by atoms with Gasteiger partial charge in [-0.15, -0.1) is 0 Å². The Labute approximate surface area is 165 Å². The van der Waals surface area contributed by atoms with Gasteiger partial charge in [-0.3, -0.25) is 14.4 Å². The molecule has 0 saturated carbocycles. The topological polar surface area (TPSA) is 84.5 Å². The third-order valence-corrected chi connectivity index (χ3v) is 3.72. The van der Waals surface area contributed by atoms with Gasteiger partial charge in [0, 0.05) is 12.2 Å². The molecule has 0 aliphatic heterocycles. The number of hydrogen-bond acceptors (Lipinski definition) is 4. The molecule has 154 valence electrons. The molecule has 0 bridgehead atoms. The molecule has 0 saturated heterocycles. The van der Waals surface area contributed by atoms with Gasteiger partial charge in [0.1, 0.15) is 0 Å². The minimum Gasteiger partial charge on any atom is -0.456 e. The first kappa shape index (κ1) is 21.9. The molecule has 0 aliphatic carbocycles. The molecule has 0 unspecified atom stereocenters. The van der Waals surface area contributed by atoms with Crippen LogP contribution in [0.15, 0.2) is 54.6 Å². The fourth-order valence-electron chi connectivity index (χ4n) is 2.31. The van der Waals surface area contributed by atoms with E-state index in [-0.39, 0.29) is 31.0 Å². The van der Waals surface area contributed by atoms with E-state index < -0.39 is 30.2 Å². The molecule has 0 radical (unpaired) electrons. The number of amides is 2. The number of ether oxygens (including phenoxy) is 1. The molecule has 0 heterocycles. The zero-order chi connectivity index (χ0) is 21.3. The Kier molecular flexibility index (Phi) is 7.76. The van der Waals surface area contributed by atoms with E-state index in [1.807, 2.05) is 30.3 Å². The molecule has 2 aromatic rings. The lowest BCUT2D eigenvalue weighted by molar-refractivity contribution is -0.147. The van der Waals surface area contributed by atoms with Gasteiger partial charge in [0.05, 0.1) is 18.4 Å². The summed E-state index contributed by atoms with van der Waals surface area (Å²) in [6.45, 7) is -0.525. The van der Waals surface area contributed by atoms with Crippen LogP contribution in [-0.2, 0) is 31.7 Å². The maximum atomic E-state index is 12.5. The summed E-state index contributed by atoms with van der Waals surface area (Å²) in [6.07, 6.45) is -4.39. The summed E-state index contributed by atoms with van der Waals surface area (Å²) in [4.78, 5) is 35.1. The highest BCUT2D eigenvalue weighted by molar-refractivity contribution is 5.92. The van der Waals surface area contributed by atoms with Gasteiger partial charge < -0.3 is 15.4 Å². The first-order valence-electron chi connectivity index (χ1n) is 8.67. The van der Waals surface area contributed by atoms with E-state index >= 15 is 0 Å². The summed E-state index contributed by atoms with van der Waals surface area (Å²) >= 11 is 0. The van der Waals surface area contributed by atoms with Gasteiger partial charge in [-0.2, -0.15) is 13.2 Å². The van der Waals surface area contributed by atoms with Gasteiger partial charge in [-0.1, -0.05) is 30.3 Å². The zero-order valence-electron chi connectivity index (χ0n) is 15.3. The van der Waals surface area contributed by atoms with Crippen LogP contribution >= 0.6 is 0 Å². The molecule has 29 heavy (non-hydrogen) atoms. The Morgan fingerprint density at radius 3 is 2.17 bits per heavy atom. The predicted molar refractivity (Wildman–Crippen MR) is 98.8 cm³/mol. The van der Waals surface area contributed by atoms with Crippen molar-refractivity contribution in [2.24, 2.45) is 0 Å². The van der Waals surface area contributed by atoms with Gasteiger partial charge in [0.15, 0.2) is 6.61 Å². The highest BCUT2D eigenvalue weighted by Gasteiger charge is 2.29. The number of nitrogens with one attached hydrogen (secondary N) is 2. The van der Waals surface area contributed by atoms with Crippen molar-refractivity contribution in [3.63, 3.8) is 0 Å². The SMILES string of the molecule is O=C(Cc1ccccc1)NCCC(=O)OCC(=O)Nc1ccc(C(F)(F)F)cc1. The fraction of sp³-hybridized carbons (Fsp3) is 0.250. The smallest absolute Gasteiger partial charge is 0.416 e. The van der Waals surface area contributed by atoms with Crippen LogP contribution in [0.25, 0.3) is 0 Å². The summed E-state index contributed by atoms with van der Waals surface area (Å²) in [5, 5.41) is 4.90. The lowest BCUT2D eigenvalue weighted by Crippen LogP contribution is -2.28. The molecular formula is C20H19F3N2O4. The minimum absolute atomic E-state index is 0.0605. The molecule has 2 rings (SSSR count). The third kappa shape index (κ3) is 8.04. The lowest BCUT2D eigenvalue weighted by atomic mass is 10.1. The molecule has 2 amide bonds. The number of hydrogen-bond donors (Lipinski definition) is 2. The maximum absolute atomic E-state index is 12.5. The Bertz CT molecular complexity index is 837. The number of benzene rings is 2. The predicted octanol–water partition coefficient (Wildman–Crippen LogP) is 2.94. The van der Waals surface area contributed by atoms with E-state index in [9.17, 15) is 27.6 Å². The van der Waals surface area contributed by atoms with E-state index in [2.05, 4.69) is 10.6 Å². The number of esters is 1. The molecule has 0 aliphatic rings. The number of rotatable bonds is 8. The zero-order valence-corrected chi connectivity index (χ0v) is 15.3. The van der Waals surface area contributed by atoms with Crippen molar-refractivity contribution in [3.8, 4) is 0 Å². The first-order chi connectivity index (χ1) is 13.7. The number of carbonyl (C=O) groups is 3. The highest BCUT2D eigenvalue weighted by atomic mass is 19.4. The van der Waals surface area contributed by atoms with E-state index in [1.165, 1.54) is 0 Å². The lowest BCUT2D eigenvalue weighted by Gasteiger charge is -2.09. The molecule has 2 N–H and O–H groups in total. The van der Waals surface area contributed by atoms with Gasteiger partial charge in [0.2, 0.25) is 5.91 Å². The molecular weight excluding hydrogens is 389 g/mol. The second kappa shape index (κ2) is 10.3. The molecule has 0 aromatic heterocycles. The summed E-state index contributed by atoms with van der Waals surface area (Å²) in [6, 6.07) is 13.0. The summed E-state index contributed by atoms with van der Waals surface area (Å²) in [7, 11) is 0. The Balaban J connectivity index is 1.64. The van der Waals surface area contributed by atoms with Crippen molar-refractivity contribution in [2.45, 2.75) is 19.0 Å². The van der Waals surface area contributed by atoms with Crippen molar-refractivity contribution in [1.29, 1.82) is 0 Å². The molecule has 2 aromatic carbocycles. The summed E-state index contributed by atoms with van der Waals surface area (Å²) in [5.74, 6) is -1.62. The monoisotopic (exact) mass is 408 g/mol. The first-order valence-corrected chi connectivity index (χ1v) is 8.67. The molecule has 0 spiro atoms. The van der Waals surface area contributed by atoms with Crippen LogP contribution in [0.3, 0.4) is 0 Å².